The van der Waals surface area contributed by atoms with Crippen molar-refractivity contribution in [1.29, 1.82) is 0 Å². The van der Waals surface area contributed by atoms with Crippen LogP contribution in [0.5, 0.6) is 0 Å². The Balaban J connectivity index is 0.000000211. The Hall–Kier alpha value is -1.72. The lowest BCUT2D eigenvalue weighted by molar-refractivity contribution is -0.474. The molecule has 2 heterocycles. The summed E-state index contributed by atoms with van der Waals surface area (Å²) in [4.78, 5) is 20.8. The average molecular weight is 525 g/mol. The molecule has 4 nitrogen and oxygen atoms in total. The molecule has 0 saturated carbocycles. The van der Waals surface area contributed by atoms with Crippen molar-refractivity contribution in [2.24, 2.45) is 0 Å². The Kier molecular flexibility index (Phi) is 8.14. The highest BCUT2D eigenvalue weighted by Gasteiger charge is 2.44. The molecule has 2 atom stereocenters. The van der Waals surface area contributed by atoms with Gasteiger partial charge in [0.1, 0.15) is 13.2 Å². The number of benzene rings is 2. The van der Waals surface area contributed by atoms with Crippen molar-refractivity contribution >= 4 is 0 Å². The van der Waals surface area contributed by atoms with Gasteiger partial charge in [0, 0.05) is 0 Å². The summed E-state index contributed by atoms with van der Waals surface area (Å²) in [5.41, 5.74) is 7.93. The molecule has 2 aromatic rings. The van der Waals surface area contributed by atoms with Gasteiger partial charge in [0.15, 0.2) is 11.2 Å². The second-order valence-corrected chi connectivity index (χ2v) is 15.6. The quantitative estimate of drug-likeness (QED) is 0.368. The fraction of sp³-hybridized carbons (Fsp3) is 0.647. The molecule has 0 aromatic heterocycles. The van der Waals surface area contributed by atoms with Gasteiger partial charge in [-0.25, -0.2) is 19.6 Å². The van der Waals surface area contributed by atoms with E-state index in [2.05, 4.69) is 133 Å². The summed E-state index contributed by atoms with van der Waals surface area (Å²) in [5.74, 6) is 0. The third kappa shape index (κ3) is 6.20. The highest BCUT2D eigenvalue weighted by atomic mass is 17.3. The van der Waals surface area contributed by atoms with Crippen molar-refractivity contribution in [3.05, 3.63) is 69.8 Å². The maximum absolute atomic E-state index is 5.41. The van der Waals surface area contributed by atoms with Gasteiger partial charge in [0.05, 0.1) is 0 Å². The summed E-state index contributed by atoms with van der Waals surface area (Å²) in [5, 5.41) is 0. The molecule has 0 spiro atoms. The van der Waals surface area contributed by atoms with E-state index >= 15 is 0 Å². The minimum atomic E-state index is -0.302. The first-order chi connectivity index (χ1) is 17.1. The lowest BCUT2D eigenvalue weighted by atomic mass is 9.70. The highest BCUT2D eigenvalue weighted by molar-refractivity contribution is 5.47. The van der Waals surface area contributed by atoms with E-state index in [1.165, 1.54) is 33.4 Å². The van der Waals surface area contributed by atoms with E-state index in [0.29, 0.717) is 13.2 Å². The molecule has 2 fully saturated rings. The molecule has 2 aliphatic rings. The summed E-state index contributed by atoms with van der Waals surface area (Å²) in [6.45, 7) is 32.7. The van der Waals surface area contributed by atoms with Crippen molar-refractivity contribution in [3.8, 4) is 0 Å². The van der Waals surface area contributed by atoms with E-state index in [1.807, 2.05) is 0 Å². The van der Waals surface area contributed by atoms with Crippen LogP contribution < -0.4 is 0 Å². The van der Waals surface area contributed by atoms with Gasteiger partial charge in [0.2, 0.25) is 0 Å². The molecule has 212 valence electrons. The zero-order valence-corrected chi connectivity index (χ0v) is 26.5. The molecule has 4 rings (SSSR count). The SMILES string of the molecule is CC(C)(C)c1cccc(C2(C)COO2)c1C(C)(C)C.CC(C)(C)c1cccc(C2(C)COO2)c1C(C)(C)C. The molecule has 2 saturated heterocycles. The monoisotopic (exact) mass is 524 g/mol. The Morgan fingerprint density at radius 2 is 0.789 bits per heavy atom. The van der Waals surface area contributed by atoms with Crippen LogP contribution in [-0.2, 0) is 52.4 Å². The fourth-order valence-corrected chi connectivity index (χ4v) is 5.57. The maximum Gasteiger partial charge on any atom is 0.152 e. The van der Waals surface area contributed by atoms with Crippen LogP contribution in [0.2, 0.25) is 0 Å². The molecule has 0 radical (unpaired) electrons. The zero-order chi connectivity index (χ0) is 28.9. The Bertz CT molecular complexity index is 1030. The van der Waals surface area contributed by atoms with Crippen molar-refractivity contribution in [2.45, 2.75) is 130 Å². The summed E-state index contributed by atoms with van der Waals surface area (Å²) >= 11 is 0. The fourth-order valence-electron chi connectivity index (χ4n) is 5.57. The number of hydrogen-bond acceptors (Lipinski definition) is 4. The van der Waals surface area contributed by atoms with E-state index in [9.17, 15) is 0 Å². The van der Waals surface area contributed by atoms with Gasteiger partial charge in [-0.3, -0.25) is 0 Å². The van der Waals surface area contributed by atoms with Crippen LogP contribution in [0.15, 0.2) is 36.4 Å². The van der Waals surface area contributed by atoms with Crippen LogP contribution in [0.4, 0.5) is 0 Å². The maximum atomic E-state index is 5.41. The van der Waals surface area contributed by atoms with Crippen molar-refractivity contribution < 1.29 is 19.6 Å². The molecule has 0 aliphatic carbocycles. The van der Waals surface area contributed by atoms with E-state index in [-0.39, 0.29) is 32.9 Å². The van der Waals surface area contributed by atoms with Crippen LogP contribution >= 0.6 is 0 Å². The highest BCUT2D eigenvalue weighted by Crippen LogP contribution is 2.45. The minimum Gasteiger partial charge on any atom is -0.232 e. The number of hydrogen-bond donors (Lipinski definition) is 0. The first-order valence-electron chi connectivity index (χ1n) is 14.0. The van der Waals surface area contributed by atoms with E-state index in [0.717, 1.165) is 0 Å². The van der Waals surface area contributed by atoms with Crippen molar-refractivity contribution in [1.82, 2.24) is 0 Å². The van der Waals surface area contributed by atoms with E-state index < -0.39 is 0 Å². The molecule has 0 bridgehead atoms. The van der Waals surface area contributed by atoms with Gasteiger partial charge in [-0.2, -0.15) is 0 Å². The largest absolute Gasteiger partial charge is 0.232 e. The van der Waals surface area contributed by atoms with Gasteiger partial charge in [0.25, 0.3) is 0 Å². The minimum absolute atomic E-state index is 0.0845. The standard InChI is InChI=1S/2C17H26O2/c2*1-15(2,3)12-9-8-10-13(14(12)16(4,5)6)17(7)11-18-19-17/h2*8-10H,11H2,1-7H3. The summed E-state index contributed by atoms with van der Waals surface area (Å²) in [6.07, 6.45) is 0. The molecule has 2 aliphatic heterocycles. The molecule has 2 unspecified atom stereocenters. The van der Waals surface area contributed by atoms with Gasteiger partial charge in [-0.05, 0) is 68.9 Å². The lowest BCUT2D eigenvalue weighted by Gasteiger charge is -2.42. The molecule has 38 heavy (non-hydrogen) atoms. The average Bonchev–Trinajstić information content (AvgIpc) is 2.73. The molecule has 4 heteroatoms. The Morgan fingerprint density at radius 3 is 0.974 bits per heavy atom. The lowest BCUT2D eigenvalue weighted by Crippen LogP contribution is -2.44. The zero-order valence-electron chi connectivity index (χ0n) is 26.5. The molecule has 0 N–H and O–H groups in total. The second-order valence-electron chi connectivity index (χ2n) is 15.6. The third-order valence-corrected chi connectivity index (χ3v) is 7.54. The van der Waals surface area contributed by atoms with E-state index in [4.69, 9.17) is 19.6 Å². The van der Waals surface area contributed by atoms with Crippen LogP contribution in [0, 0.1) is 0 Å². The normalized spacial score (nSPS) is 24.2. The first-order valence-corrected chi connectivity index (χ1v) is 14.0. The van der Waals surface area contributed by atoms with Crippen molar-refractivity contribution in [3.63, 3.8) is 0 Å². The smallest absolute Gasteiger partial charge is 0.152 e. The van der Waals surface area contributed by atoms with Crippen molar-refractivity contribution in [2.75, 3.05) is 13.2 Å². The summed E-state index contributed by atoms with van der Waals surface area (Å²) in [6, 6.07) is 13.1. The van der Waals surface area contributed by atoms with Gasteiger partial charge < -0.3 is 0 Å². The summed E-state index contributed by atoms with van der Waals surface area (Å²) < 4.78 is 0. The van der Waals surface area contributed by atoms with Crippen LogP contribution in [0.25, 0.3) is 0 Å². The Morgan fingerprint density at radius 1 is 0.500 bits per heavy atom. The number of rotatable bonds is 2. The van der Waals surface area contributed by atoms with Gasteiger partial charge in [-0.15, -0.1) is 0 Å². The topological polar surface area (TPSA) is 36.9 Å². The molecule has 2 aromatic carbocycles. The predicted octanol–water partition coefficient (Wildman–Crippen LogP) is 8.92. The predicted molar refractivity (Wildman–Crippen MR) is 156 cm³/mol. The summed E-state index contributed by atoms with van der Waals surface area (Å²) in [7, 11) is 0. The molecular formula is C34H52O4. The van der Waals surface area contributed by atoms with Crippen LogP contribution in [-0.4, -0.2) is 13.2 Å². The first kappa shape index (κ1) is 30.8. The molecule has 0 amide bonds. The van der Waals surface area contributed by atoms with Crippen LogP contribution in [0.1, 0.15) is 130 Å². The van der Waals surface area contributed by atoms with Crippen LogP contribution in [0.3, 0.4) is 0 Å². The van der Waals surface area contributed by atoms with Gasteiger partial charge >= 0.3 is 0 Å². The van der Waals surface area contributed by atoms with E-state index in [1.54, 1.807) is 0 Å². The Labute approximate surface area is 232 Å². The molecular weight excluding hydrogens is 472 g/mol. The second kappa shape index (κ2) is 10.0. The van der Waals surface area contributed by atoms with Gasteiger partial charge in [-0.1, -0.05) is 119 Å². The third-order valence-electron chi connectivity index (χ3n) is 7.54.